The number of rotatable bonds is 7. The first-order valence-electron chi connectivity index (χ1n) is 6.56. The number of aryl methyl sites for hydroxylation is 1. The molecule has 0 amide bonds. The highest BCUT2D eigenvalue weighted by Crippen LogP contribution is 2.04. The summed E-state index contributed by atoms with van der Waals surface area (Å²) in [6.07, 6.45) is 1.67. The maximum Gasteiger partial charge on any atom is 0.0846 e. The highest BCUT2D eigenvalue weighted by Gasteiger charge is 1.99. The zero-order valence-electron chi connectivity index (χ0n) is 11.0. The fourth-order valence-corrected chi connectivity index (χ4v) is 1.88. The van der Waals surface area contributed by atoms with Gasteiger partial charge < -0.3 is 10.1 Å². The monoisotopic (exact) mass is 253 g/mol. The maximum absolute atomic E-state index is 7.88. The van der Waals surface area contributed by atoms with Crippen LogP contribution in [0, 0.1) is 5.41 Å². The van der Waals surface area contributed by atoms with E-state index in [1.165, 1.54) is 5.56 Å². The van der Waals surface area contributed by atoms with Crippen molar-refractivity contribution in [3.05, 3.63) is 71.8 Å². The summed E-state index contributed by atoms with van der Waals surface area (Å²) in [7, 11) is 0. The average Bonchev–Trinajstić information content (AvgIpc) is 2.47. The molecule has 0 aliphatic carbocycles. The Labute approximate surface area is 114 Å². The molecule has 0 atom stereocenters. The molecule has 2 nitrogen and oxygen atoms in total. The molecule has 0 fully saturated rings. The van der Waals surface area contributed by atoms with Crippen molar-refractivity contribution in [1.29, 1.82) is 5.41 Å². The van der Waals surface area contributed by atoms with Crippen LogP contribution < -0.4 is 0 Å². The third-order valence-corrected chi connectivity index (χ3v) is 2.95. The summed E-state index contributed by atoms with van der Waals surface area (Å²) in [6, 6.07) is 20.3. The predicted octanol–water partition coefficient (Wildman–Crippen LogP) is 3.86. The zero-order chi connectivity index (χ0) is 13.3. The molecule has 0 unspecified atom stereocenters. The Balaban J connectivity index is 1.65. The number of nitrogens with one attached hydrogen (secondary N) is 1. The summed E-state index contributed by atoms with van der Waals surface area (Å²) < 4.78 is 5.55. The van der Waals surface area contributed by atoms with Crippen LogP contribution in [0.4, 0.5) is 0 Å². The highest BCUT2D eigenvalue weighted by molar-refractivity contribution is 5.82. The first-order chi connectivity index (χ1) is 9.34. The largest absolute Gasteiger partial charge is 0.371 e. The van der Waals surface area contributed by atoms with Gasteiger partial charge in [0.2, 0.25) is 0 Å². The van der Waals surface area contributed by atoms with Crippen molar-refractivity contribution in [1.82, 2.24) is 0 Å². The summed E-state index contributed by atoms with van der Waals surface area (Å²) in [6.45, 7) is 0.996. The van der Waals surface area contributed by atoms with Gasteiger partial charge in [0.15, 0.2) is 0 Å². The molecule has 0 aromatic heterocycles. The van der Waals surface area contributed by atoms with Crippen LogP contribution in [0.15, 0.2) is 60.7 Å². The summed E-state index contributed by atoms with van der Waals surface area (Å²) in [5.74, 6) is 0. The number of ether oxygens (including phenoxy) is 1. The molecule has 2 aromatic rings. The molecule has 0 heterocycles. The van der Waals surface area contributed by atoms with Gasteiger partial charge in [0, 0.05) is 5.71 Å². The summed E-state index contributed by atoms with van der Waals surface area (Å²) in [5, 5.41) is 7.88. The van der Waals surface area contributed by atoms with Crippen LogP contribution in [0.3, 0.4) is 0 Å². The first-order valence-corrected chi connectivity index (χ1v) is 6.56. The van der Waals surface area contributed by atoms with Crippen molar-refractivity contribution in [2.24, 2.45) is 0 Å². The molecule has 19 heavy (non-hydrogen) atoms. The summed E-state index contributed by atoms with van der Waals surface area (Å²) in [5.41, 5.74) is 3.08. The maximum atomic E-state index is 7.88. The van der Waals surface area contributed by atoms with Crippen LogP contribution in [0.1, 0.15) is 17.5 Å². The molecular formula is C17H19NO. The molecule has 2 heteroatoms. The molecule has 2 rings (SSSR count). The molecule has 0 bridgehead atoms. The molecule has 0 radical (unpaired) electrons. The van der Waals surface area contributed by atoms with Crippen LogP contribution in [0.2, 0.25) is 0 Å². The minimum absolute atomic E-state index is 0.418. The van der Waals surface area contributed by atoms with Gasteiger partial charge in [-0.15, -0.1) is 0 Å². The molecule has 0 saturated carbocycles. The van der Waals surface area contributed by atoms with E-state index in [0.717, 1.165) is 18.4 Å². The molecule has 98 valence electrons. The van der Waals surface area contributed by atoms with Crippen molar-refractivity contribution < 1.29 is 4.74 Å². The summed E-state index contributed by atoms with van der Waals surface area (Å²) >= 11 is 0. The van der Waals surface area contributed by atoms with Crippen LogP contribution in [0.25, 0.3) is 0 Å². The van der Waals surface area contributed by atoms with Crippen molar-refractivity contribution in [3.63, 3.8) is 0 Å². The van der Waals surface area contributed by atoms with E-state index >= 15 is 0 Å². The molecule has 0 aliphatic rings. The number of benzene rings is 2. The topological polar surface area (TPSA) is 33.1 Å². The highest BCUT2D eigenvalue weighted by atomic mass is 16.5. The van der Waals surface area contributed by atoms with Crippen LogP contribution in [0.5, 0.6) is 0 Å². The van der Waals surface area contributed by atoms with Crippen molar-refractivity contribution in [2.75, 3.05) is 6.61 Å². The second kappa shape index (κ2) is 7.49. The van der Waals surface area contributed by atoms with E-state index in [1.807, 2.05) is 48.5 Å². The summed E-state index contributed by atoms with van der Waals surface area (Å²) in [4.78, 5) is 0. The Morgan fingerprint density at radius 1 is 0.842 bits per heavy atom. The smallest absolute Gasteiger partial charge is 0.0846 e. The molecule has 0 spiro atoms. The zero-order valence-corrected chi connectivity index (χ0v) is 11.0. The number of hydrogen-bond acceptors (Lipinski definition) is 2. The quantitative estimate of drug-likeness (QED) is 0.747. The van der Waals surface area contributed by atoms with Gasteiger partial charge in [-0.1, -0.05) is 60.7 Å². The van der Waals surface area contributed by atoms with Gasteiger partial charge in [-0.3, -0.25) is 0 Å². The van der Waals surface area contributed by atoms with E-state index < -0.39 is 0 Å². The molecule has 2 aromatic carbocycles. The lowest BCUT2D eigenvalue weighted by Crippen LogP contribution is -2.08. The second-order valence-corrected chi connectivity index (χ2v) is 4.57. The van der Waals surface area contributed by atoms with E-state index in [0.29, 0.717) is 18.9 Å². The minimum atomic E-state index is 0.418. The lowest BCUT2D eigenvalue weighted by atomic mass is 10.1. The van der Waals surface area contributed by atoms with E-state index in [9.17, 15) is 0 Å². The fraction of sp³-hybridized carbons (Fsp3) is 0.235. The van der Waals surface area contributed by atoms with Gasteiger partial charge in [-0.2, -0.15) is 0 Å². The van der Waals surface area contributed by atoms with Gasteiger partial charge in [0.25, 0.3) is 0 Å². The Hall–Kier alpha value is -1.93. The van der Waals surface area contributed by atoms with Crippen LogP contribution in [-0.2, 0) is 17.8 Å². The Kier molecular flexibility index (Phi) is 5.32. The third kappa shape index (κ3) is 5.06. The Bertz CT molecular complexity index is 493. The van der Waals surface area contributed by atoms with Gasteiger partial charge >= 0.3 is 0 Å². The molecular weight excluding hydrogens is 234 g/mol. The van der Waals surface area contributed by atoms with Crippen molar-refractivity contribution in [3.8, 4) is 0 Å². The molecule has 0 aliphatic heterocycles. The average molecular weight is 253 g/mol. The van der Waals surface area contributed by atoms with E-state index in [4.69, 9.17) is 10.1 Å². The van der Waals surface area contributed by atoms with E-state index in [-0.39, 0.29) is 0 Å². The molecule has 1 N–H and O–H groups in total. The van der Waals surface area contributed by atoms with Crippen molar-refractivity contribution in [2.45, 2.75) is 19.4 Å². The van der Waals surface area contributed by atoms with Gasteiger partial charge in [0.1, 0.15) is 0 Å². The van der Waals surface area contributed by atoms with Crippen LogP contribution >= 0.6 is 0 Å². The lowest BCUT2D eigenvalue weighted by molar-refractivity contribution is 0.156. The Morgan fingerprint density at radius 3 is 2.05 bits per heavy atom. The Morgan fingerprint density at radius 2 is 1.42 bits per heavy atom. The lowest BCUT2D eigenvalue weighted by Gasteiger charge is -2.06. The standard InChI is InChI=1S/C17H19NO/c18-17(12-11-15-7-3-1-4-8-15)14-19-13-16-9-5-2-6-10-16/h1-10,18H,11-14H2. The normalized spacial score (nSPS) is 10.3. The van der Waals surface area contributed by atoms with Gasteiger partial charge in [-0.25, -0.2) is 0 Å². The van der Waals surface area contributed by atoms with Gasteiger partial charge in [0.05, 0.1) is 13.2 Å². The van der Waals surface area contributed by atoms with E-state index in [1.54, 1.807) is 0 Å². The van der Waals surface area contributed by atoms with Crippen molar-refractivity contribution >= 4 is 5.71 Å². The van der Waals surface area contributed by atoms with Crippen LogP contribution in [-0.4, -0.2) is 12.3 Å². The minimum Gasteiger partial charge on any atom is -0.371 e. The SMILES string of the molecule is N=C(CCc1ccccc1)COCc1ccccc1. The van der Waals surface area contributed by atoms with Gasteiger partial charge in [-0.05, 0) is 24.0 Å². The first kappa shape index (κ1) is 13.5. The number of hydrogen-bond donors (Lipinski definition) is 1. The second-order valence-electron chi connectivity index (χ2n) is 4.57. The van der Waals surface area contributed by atoms with E-state index in [2.05, 4.69) is 12.1 Å². The predicted molar refractivity (Wildman–Crippen MR) is 78.6 cm³/mol. The third-order valence-electron chi connectivity index (χ3n) is 2.95. The fourth-order valence-electron chi connectivity index (χ4n) is 1.88. The molecule has 0 saturated heterocycles.